The number of β-amino-alcohol motifs (C(OH)–C–C–N with tert-alkyl or cyclic N) is 1. The van der Waals surface area contributed by atoms with E-state index in [1.807, 2.05) is 0 Å². The second-order valence-electron chi connectivity index (χ2n) is 8.75. The predicted molar refractivity (Wildman–Crippen MR) is 121 cm³/mol. The fourth-order valence-electron chi connectivity index (χ4n) is 4.27. The maximum absolute atomic E-state index is 14.5. The fraction of sp³-hybridized carbons (Fsp3) is 0.417. The van der Waals surface area contributed by atoms with E-state index in [0.717, 1.165) is 18.4 Å². The van der Waals surface area contributed by atoms with Crippen LogP contribution in [0.5, 0.6) is 11.5 Å². The fourth-order valence-corrected chi connectivity index (χ4v) is 4.27. The molecule has 1 saturated heterocycles. The largest absolute Gasteiger partial charge is 0.494 e. The van der Waals surface area contributed by atoms with Gasteiger partial charge in [0.05, 0.1) is 36.9 Å². The lowest BCUT2D eigenvalue weighted by atomic mass is 10.0. The van der Waals surface area contributed by atoms with E-state index in [1.54, 1.807) is 25.3 Å². The minimum atomic E-state index is -0.638. The topological polar surface area (TPSA) is 109 Å². The molecular formula is C24H27FN4O4. The summed E-state index contributed by atoms with van der Waals surface area (Å²) in [5.41, 5.74) is 3.60. The minimum absolute atomic E-state index is 0.109. The molecule has 1 amide bonds. The highest BCUT2D eigenvalue weighted by Gasteiger charge is 2.29. The van der Waals surface area contributed by atoms with Gasteiger partial charge in [0.15, 0.2) is 11.6 Å². The Morgan fingerprint density at radius 1 is 1.27 bits per heavy atom. The molecule has 33 heavy (non-hydrogen) atoms. The van der Waals surface area contributed by atoms with Crippen LogP contribution >= 0.6 is 0 Å². The van der Waals surface area contributed by atoms with Gasteiger partial charge in [-0.25, -0.2) is 4.39 Å². The Bertz CT molecular complexity index is 1210. The van der Waals surface area contributed by atoms with Crippen molar-refractivity contribution in [1.29, 1.82) is 0 Å². The van der Waals surface area contributed by atoms with Gasteiger partial charge in [0, 0.05) is 42.2 Å². The van der Waals surface area contributed by atoms with Gasteiger partial charge in [-0.2, -0.15) is 0 Å². The number of aromatic nitrogens is 2. The molecule has 2 aromatic heterocycles. The first kappa shape index (κ1) is 21.7. The van der Waals surface area contributed by atoms with E-state index in [9.17, 15) is 14.3 Å². The number of benzene rings is 1. The summed E-state index contributed by atoms with van der Waals surface area (Å²) < 4.78 is 25.7. The number of H-pyrrole nitrogens is 1. The number of amides is 1. The van der Waals surface area contributed by atoms with Crippen LogP contribution in [0.15, 0.2) is 24.4 Å². The lowest BCUT2D eigenvalue weighted by molar-refractivity contribution is 0.0889. The van der Waals surface area contributed by atoms with Crippen molar-refractivity contribution in [2.24, 2.45) is 5.92 Å². The molecule has 4 N–H and O–H groups in total. The van der Waals surface area contributed by atoms with Crippen LogP contribution in [0.2, 0.25) is 0 Å². The molecule has 1 saturated carbocycles. The van der Waals surface area contributed by atoms with E-state index < -0.39 is 11.9 Å². The maximum atomic E-state index is 14.5. The van der Waals surface area contributed by atoms with Gasteiger partial charge in [-0.05, 0) is 37.8 Å². The quantitative estimate of drug-likeness (QED) is 0.437. The Kier molecular flexibility index (Phi) is 5.67. The molecule has 9 heteroatoms. The summed E-state index contributed by atoms with van der Waals surface area (Å²) in [5, 5.41) is 16.0. The average Bonchev–Trinajstić information content (AvgIpc) is 3.45. The molecule has 2 atom stereocenters. The molecule has 0 bridgehead atoms. The van der Waals surface area contributed by atoms with Crippen molar-refractivity contribution in [1.82, 2.24) is 20.6 Å². The number of halogens is 1. The van der Waals surface area contributed by atoms with Crippen molar-refractivity contribution in [3.63, 3.8) is 0 Å². The third-order valence-electron chi connectivity index (χ3n) is 6.32. The number of aliphatic hydroxyl groups excluding tert-OH is 1. The molecule has 0 spiro atoms. The van der Waals surface area contributed by atoms with Crippen molar-refractivity contribution in [3.8, 4) is 22.6 Å². The van der Waals surface area contributed by atoms with E-state index in [2.05, 4.69) is 20.6 Å². The predicted octanol–water partition coefficient (Wildman–Crippen LogP) is 2.54. The van der Waals surface area contributed by atoms with Gasteiger partial charge >= 0.3 is 0 Å². The molecule has 8 nitrogen and oxygen atoms in total. The van der Waals surface area contributed by atoms with Crippen molar-refractivity contribution in [2.75, 3.05) is 26.8 Å². The monoisotopic (exact) mass is 454 g/mol. The number of aliphatic hydroxyl groups is 1. The van der Waals surface area contributed by atoms with Crippen molar-refractivity contribution in [2.45, 2.75) is 31.9 Å². The summed E-state index contributed by atoms with van der Waals surface area (Å²) >= 11 is 0. The van der Waals surface area contributed by atoms with Gasteiger partial charge < -0.3 is 30.2 Å². The minimum Gasteiger partial charge on any atom is -0.494 e. The number of fused-ring (bicyclic) bond motifs is 1. The van der Waals surface area contributed by atoms with E-state index in [0.29, 0.717) is 59.2 Å². The SMILES string of the molecule is COc1cc(-c2ccnc3c(C(=O)N[C@@H]4CNC[C@H]4O)c(C)[nH]c23)c(OCC2CC2)cc1F. The van der Waals surface area contributed by atoms with Gasteiger partial charge in [-0.1, -0.05) is 0 Å². The number of hydrogen-bond donors (Lipinski definition) is 4. The zero-order chi connectivity index (χ0) is 23.1. The molecular weight excluding hydrogens is 427 g/mol. The molecule has 0 unspecified atom stereocenters. The summed E-state index contributed by atoms with van der Waals surface area (Å²) in [7, 11) is 1.42. The van der Waals surface area contributed by atoms with Gasteiger partial charge in [0.25, 0.3) is 5.91 Å². The first-order valence-corrected chi connectivity index (χ1v) is 11.1. The first-order chi connectivity index (χ1) is 16.0. The summed E-state index contributed by atoms with van der Waals surface area (Å²) in [6.45, 7) is 3.28. The molecule has 3 aromatic rings. The van der Waals surface area contributed by atoms with E-state index in [4.69, 9.17) is 9.47 Å². The molecule has 174 valence electrons. The van der Waals surface area contributed by atoms with Gasteiger partial charge in [0.1, 0.15) is 11.3 Å². The number of carbonyl (C=O) groups excluding carboxylic acids is 1. The number of carbonyl (C=O) groups is 1. The molecule has 3 heterocycles. The van der Waals surface area contributed by atoms with Crippen molar-refractivity contribution >= 4 is 16.9 Å². The molecule has 1 aliphatic heterocycles. The zero-order valence-electron chi connectivity index (χ0n) is 18.6. The lowest BCUT2D eigenvalue weighted by Gasteiger charge is -2.15. The van der Waals surface area contributed by atoms with E-state index in [1.165, 1.54) is 13.2 Å². The van der Waals surface area contributed by atoms with E-state index >= 15 is 0 Å². The Labute approximate surface area is 190 Å². The van der Waals surface area contributed by atoms with Crippen LogP contribution in [0.3, 0.4) is 0 Å². The normalized spacial score (nSPS) is 20.2. The number of pyridine rings is 1. The molecule has 1 aromatic carbocycles. The number of nitrogens with one attached hydrogen (secondary N) is 3. The average molecular weight is 455 g/mol. The number of hydrogen-bond acceptors (Lipinski definition) is 6. The molecule has 2 aliphatic rings. The number of ether oxygens (including phenoxy) is 2. The van der Waals surface area contributed by atoms with Gasteiger partial charge in [-0.3, -0.25) is 9.78 Å². The number of rotatable bonds is 7. The van der Waals surface area contributed by atoms with Crippen LogP contribution in [-0.2, 0) is 0 Å². The number of aromatic amines is 1. The van der Waals surface area contributed by atoms with Gasteiger partial charge in [-0.15, -0.1) is 0 Å². The summed E-state index contributed by atoms with van der Waals surface area (Å²) in [5.74, 6) is 0.231. The molecule has 5 rings (SSSR count). The standard InChI is InChI=1S/C24H27FN4O4/c1-12-21(24(31)29-17-9-26-10-18(17)30)23-22(28-12)14(5-6-27-23)15-7-20(32-2)16(25)8-19(15)33-11-13-3-4-13/h5-8,13,17-18,26,28,30H,3-4,9-11H2,1-2H3,(H,29,31)/t17-,18-/m1/s1. The highest BCUT2D eigenvalue weighted by Crippen LogP contribution is 2.40. The van der Waals surface area contributed by atoms with Crippen LogP contribution in [-0.4, -0.2) is 59.9 Å². The molecule has 2 fully saturated rings. The van der Waals surface area contributed by atoms with Crippen molar-refractivity contribution in [3.05, 3.63) is 41.5 Å². The third kappa shape index (κ3) is 4.14. The second kappa shape index (κ2) is 8.64. The van der Waals surface area contributed by atoms with E-state index in [-0.39, 0.29) is 17.7 Å². The third-order valence-corrected chi connectivity index (χ3v) is 6.32. The van der Waals surface area contributed by atoms with Crippen LogP contribution in [0.1, 0.15) is 28.9 Å². The Morgan fingerprint density at radius 2 is 2.09 bits per heavy atom. The smallest absolute Gasteiger partial charge is 0.255 e. The van der Waals surface area contributed by atoms with Crippen LogP contribution in [0.4, 0.5) is 4.39 Å². The Balaban J connectivity index is 1.57. The summed E-state index contributed by atoms with van der Waals surface area (Å²) in [6, 6.07) is 4.40. The summed E-state index contributed by atoms with van der Waals surface area (Å²) in [4.78, 5) is 20.8. The van der Waals surface area contributed by atoms with Gasteiger partial charge in [0.2, 0.25) is 0 Å². The summed E-state index contributed by atoms with van der Waals surface area (Å²) in [6.07, 6.45) is 3.22. The number of aryl methyl sites for hydroxylation is 1. The number of nitrogens with zero attached hydrogens (tertiary/aromatic N) is 1. The lowest BCUT2D eigenvalue weighted by Crippen LogP contribution is -2.42. The zero-order valence-corrected chi connectivity index (χ0v) is 18.6. The number of methoxy groups -OCH3 is 1. The Hall–Kier alpha value is -3.17. The van der Waals surface area contributed by atoms with Crippen LogP contribution in [0, 0.1) is 18.7 Å². The molecule has 0 radical (unpaired) electrons. The second-order valence-corrected chi connectivity index (χ2v) is 8.75. The van der Waals surface area contributed by atoms with Crippen LogP contribution < -0.4 is 20.1 Å². The Morgan fingerprint density at radius 3 is 2.79 bits per heavy atom. The maximum Gasteiger partial charge on any atom is 0.255 e. The first-order valence-electron chi connectivity index (χ1n) is 11.1. The highest BCUT2D eigenvalue weighted by atomic mass is 19.1. The van der Waals surface area contributed by atoms with Crippen LogP contribution in [0.25, 0.3) is 22.2 Å². The van der Waals surface area contributed by atoms with Crippen molar-refractivity contribution < 1.29 is 23.8 Å². The molecule has 1 aliphatic carbocycles. The highest BCUT2D eigenvalue weighted by molar-refractivity contribution is 6.10.